The van der Waals surface area contributed by atoms with Crippen molar-refractivity contribution < 1.29 is 27.1 Å². The Morgan fingerprint density at radius 2 is 1.56 bits per heavy atom. The first-order valence-electron chi connectivity index (χ1n) is 13.1. The van der Waals surface area contributed by atoms with Crippen LogP contribution in [0.3, 0.4) is 0 Å². The number of halogens is 2. The quantitative estimate of drug-likeness (QED) is 0.316. The molecule has 220 valence electrons. The normalized spacial score (nSPS) is 12.4. The molecule has 0 aliphatic heterocycles. The minimum atomic E-state index is -4.32. The van der Waals surface area contributed by atoms with Gasteiger partial charge in [0.1, 0.15) is 24.2 Å². The van der Waals surface area contributed by atoms with Crippen molar-refractivity contribution in [3.05, 3.63) is 89.2 Å². The second kappa shape index (κ2) is 13.4. The number of carbonyl (C=O) groups excluding carboxylic acids is 2. The van der Waals surface area contributed by atoms with Crippen molar-refractivity contribution in [2.24, 2.45) is 0 Å². The Balaban J connectivity index is 2.03. The smallest absolute Gasteiger partial charge is 0.264 e. The third-order valence-electron chi connectivity index (χ3n) is 6.05. The third kappa shape index (κ3) is 8.68. The molecule has 1 N–H and O–H groups in total. The van der Waals surface area contributed by atoms with Gasteiger partial charge in [-0.05, 0) is 101 Å². The number of anilines is 1. The SMILES string of the molecule is CCOc1ccc(N(CC(=O)N(Cc2ccc(Cl)cc2)[C@H](C)C(=O)NC(C)(C)C)S(=O)(=O)c2ccc(F)cc2)cc1. The van der Waals surface area contributed by atoms with E-state index in [4.69, 9.17) is 16.3 Å². The number of hydrogen-bond donors (Lipinski definition) is 1. The first-order valence-corrected chi connectivity index (χ1v) is 14.9. The van der Waals surface area contributed by atoms with Gasteiger partial charge in [-0.3, -0.25) is 13.9 Å². The van der Waals surface area contributed by atoms with Gasteiger partial charge in [-0.2, -0.15) is 0 Å². The number of carbonyl (C=O) groups is 2. The Labute approximate surface area is 246 Å². The van der Waals surface area contributed by atoms with Crippen LogP contribution in [0.25, 0.3) is 0 Å². The fourth-order valence-corrected chi connectivity index (χ4v) is 5.52. The molecule has 0 saturated heterocycles. The number of amides is 2. The van der Waals surface area contributed by atoms with Gasteiger partial charge in [0.15, 0.2) is 0 Å². The summed E-state index contributed by atoms with van der Waals surface area (Å²) in [5, 5.41) is 3.39. The van der Waals surface area contributed by atoms with E-state index in [-0.39, 0.29) is 17.1 Å². The Hall–Kier alpha value is -3.63. The second-order valence-electron chi connectivity index (χ2n) is 10.5. The zero-order valence-corrected chi connectivity index (χ0v) is 25.3. The highest BCUT2D eigenvalue weighted by Crippen LogP contribution is 2.27. The van der Waals surface area contributed by atoms with Crippen LogP contribution >= 0.6 is 11.6 Å². The standard InChI is InChI=1S/C30H35ClFN3O5S/c1-6-40-26-15-13-25(14-16-26)35(41(38,39)27-17-11-24(32)12-18-27)20-28(36)34(19-22-7-9-23(31)10-8-22)21(2)29(37)33-30(3,4)5/h7-18,21H,6,19-20H2,1-5H3,(H,33,37)/t21-/m1/s1. The van der Waals surface area contributed by atoms with E-state index in [0.29, 0.717) is 22.9 Å². The maximum Gasteiger partial charge on any atom is 0.264 e. The molecule has 0 aliphatic carbocycles. The molecule has 0 spiro atoms. The Morgan fingerprint density at radius 3 is 2.10 bits per heavy atom. The van der Waals surface area contributed by atoms with Crippen molar-refractivity contribution in [3.63, 3.8) is 0 Å². The van der Waals surface area contributed by atoms with Crippen molar-refractivity contribution in [3.8, 4) is 5.75 Å². The van der Waals surface area contributed by atoms with E-state index in [2.05, 4.69) is 5.32 Å². The predicted molar refractivity (Wildman–Crippen MR) is 158 cm³/mol. The Kier molecular flexibility index (Phi) is 10.4. The van der Waals surface area contributed by atoms with E-state index in [0.717, 1.165) is 28.6 Å². The van der Waals surface area contributed by atoms with Gasteiger partial charge in [0.05, 0.1) is 17.2 Å². The highest BCUT2D eigenvalue weighted by molar-refractivity contribution is 7.92. The van der Waals surface area contributed by atoms with E-state index in [1.165, 1.54) is 17.0 Å². The molecule has 8 nitrogen and oxygen atoms in total. The van der Waals surface area contributed by atoms with Crippen molar-refractivity contribution in [1.82, 2.24) is 10.2 Å². The number of sulfonamides is 1. The lowest BCUT2D eigenvalue weighted by Gasteiger charge is -2.33. The summed E-state index contributed by atoms with van der Waals surface area (Å²) in [5.74, 6) is -1.08. The molecule has 0 saturated carbocycles. The van der Waals surface area contributed by atoms with Gasteiger partial charge in [0.2, 0.25) is 11.8 Å². The largest absolute Gasteiger partial charge is 0.494 e. The van der Waals surface area contributed by atoms with Gasteiger partial charge in [-0.1, -0.05) is 23.7 Å². The molecule has 0 bridgehead atoms. The van der Waals surface area contributed by atoms with Crippen LogP contribution in [0.1, 0.15) is 40.2 Å². The lowest BCUT2D eigenvalue weighted by Crippen LogP contribution is -2.54. The van der Waals surface area contributed by atoms with Crippen LogP contribution in [0.4, 0.5) is 10.1 Å². The molecule has 0 aromatic heterocycles. The molecule has 0 fully saturated rings. The minimum Gasteiger partial charge on any atom is -0.494 e. The number of hydrogen-bond acceptors (Lipinski definition) is 5. The molecule has 3 rings (SSSR count). The first kappa shape index (κ1) is 31.9. The minimum absolute atomic E-state index is 0.0302. The van der Waals surface area contributed by atoms with Crippen LogP contribution in [0.5, 0.6) is 5.75 Å². The summed E-state index contributed by atoms with van der Waals surface area (Å²) in [7, 11) is -4.32. The van der Waals surface area contributed by atoms with Gasteiger partial charge < -0.3 is 15.0 Å². The van der Waals surface area contributed by atoms with Gasteiger partial charge in [0.25, 0.3) is 10.0 Å². The average molecular weight is 604 g/mol. The third-order valence-corrected chi connectivity index (χ3v) is 8.09. The van der Waals surface area contributed by atoms with Crippen molar-refractivity contribution >= 4 is 39.1 Å². The first-order chi connectivity index (χ1) is 19.2. The molecule has 0 heterocycles. The summed E-state index contributed by atoms with van der Waals surface area (Å²) in [6, 6.07) is 16.5. The molecule has 0 aliphatic rings. The average Bonchev–Trinajstić information content (AvgIpc) is 2.91. The maximum absolute atomic E-state index is 13.9. The van der Waals surface area contributed by atoms with Gasteiger partial charge in [-0.15, -0.1) is 0 Å². The fraction of sp³-hybridized carbons (Fsp3) is 0.333. The van der Waals surface area contributed by atoms with Gasteiger partial charge in [-0.25, -0.2) is 12.8 Å². The van der Waals surface area contributed by atoms with E-state index >= 15 is 0 Å². The Morgan fingerprint density at radius 1 is 0.976 bits per heavy atom. The summed E-state index contributed by atoms with van der Waals surface area (Å²) >= 11 is 6.03. The molecular formula is C30H35ClFN3O5S. The summed E-state index contributed by atoms with van der Waals surface area (Å²) in [4.78, 5) is 28.2. The number of rotatable bonds is 11. The van der Waals surface area contributed by atoms with E-state index in [1.54, 1.807) is 43.3 Å². The molecule has 1 atom stereocenters. The zero-order chi connectivity index (χ0) is 30.4. The van der Waals surface area contributed by atoms with E-state index < -0.39 is 45.8 Å². The highest BCUT2D eigenvalue weighted by Gasteiger charge is 2.33. The van der Waals surface area contributed by atoms with Crippen molar-refractivity contribution in [2.75, 3.05) is 17.5 Å². The van der Waals surface area contributed by atoms with Gasteiger partial charge >= 0.3 is 0 Å². The molecular weight excluding hydrogens is 569 g/mol. The summed E-state index contributed by atoms with van der Waals surface area (Å²) in [6.07, 6.45) is 0. The van der Waals surface area contributed by atoms with Crippen LogP contribution in [0, 0.1) is 5.82 Å². The van der Waals surface area contributed by atoms with Gasteiger partial charge in [0, 0.05) is 17.1 Å². The van der Waals surface area contributed by atoms with Crippen LogP contribution in [0.15, 0.2) is 77.7 Å². The summed E-state index contributed by atoms with van der Waals surface area (Å²) < 4.78 is 47.7. The fourth-order valence-electron chi connectivity index (χ4n) is 3.98. The monoisotopic (exact) mass is 603 g/mol. The van der Waals surface area contributed by atoms with Crippen LogP contribution in [-0.2, 0) is 26.2 Å². The van der Waals surface area contributed by atoms with Crippen LogP contribution < -0.4 is 14.4 Å². The van der Waals surface area contributed by atoms with Crippen molar-refractivity contribution in [1.29, 1.82) is 0 Å². The number of nitrogens with zero attached hydrogens (tertiary/aromatic N) is 2. The number of nitrogens with one attached hydrogen (secondary N) is 1. The highest BCUT2D eigenvalue weighted by atomic mass is 35.5. The number of ether oxygens (including phenoxy) is 1. The van der Waals surface area contributed by atoms with Crippen LogP contribution in [-0.4, -0.2) is 49.9 Å². The molecule has 11 heteroatoms. The molecule has 0 unspecified atom stereocenters. The van der Waals surface area contributed by atoms with Crippen molar-refractivity contribution in [2.45, 2.75) is 57.6 Å². The van der Waals surface area contributed by atoms with Crippen LogP contribution in [0.2, 0.25) is 5.02 Å². The number of benzene rings is 3. The lowest BCUT2D eigenvalue weighted by atomic mass is 10.1. The zero-order valence-electron chi connectivity index (χ0n) is 23.7. The predicted octanol–water partition coefficient (Wildman–Crippen LogP) is 5.41. The molecule has 3 aromatic carbocycles. The topological polar surface area (TPSA) is 96.0 Å². The molecule has 0 radical (unpaired) electrons. The molecule has 3 aromatic rings. The van der Waals surface area contributed by atoms with E-state index in [9.17, 15) is 22.4 Å². The van der Waals surface area contributed by atoms with E-state index in [1.807, 2.05) is 27.7 Å². The summed E-state index contributed by atoms with van der Waals surface area (Å²) in [6.45, 7) is 8.72. The second-order valence-corrected chi connectivity index (χ2v) is 12.8. The molecule has 2 amide bonds. The maximum atomic E-state index is 13.9. The molecule has 41 heavy (non-hydrogen) atoms. The lowest BCUT2D eigenvalue weighted by molar-refractivity contribution is -0.140. The Bertz CT molecular complexity index is 1440. The summed E-state index contributed by atoms with van der Waals surface area (Å²) in [5.41, 5.74) is 0.345.